The largest absolute Gasteiger partial charge is 0.466 e. The van der Waals surface area contributed by atoms with E-state index in [0.29, 0.717) is 40.0 Å². The number of aryl methyl sites for hydroxylation is 1. The number of esters is 1. The summed E-state index contributed by atoms with van der Waals surface area (Å²) in [6.07, 6.45) is -0.282. The third-order valence-corrected chi connectivity index (χ3v) is 6.11. The Morgan fingerprint density at radius 3 is 2.78 bits per heavy atom. The Hall–Kier alpha value is -4.05. The minimum atomic E-state index is -0.707. The van der Waals surface area contributed by atoms with Crippen molar-refractivity contribution in [1.82, 2.24) is 10.1 Å². The lowest BCUT2D eigenvalue weighted by molar-refractivity contribution is -0.142. The van der Waals surface area contributed by atoms with Crippen molar-refractivity contribution in [2.45, 2.75) is 26.7 Å². The lowest BCUT2D eigenvalue weighted by atomic mass is 10.1. The minimum Gasteiger partial charge on any atom is -0.466 e. The standard InChI is InChI=1S/C26H24FN3O5S/c1-3-33-22(31)14-17-7-6-9-19(13-17)25-28-21(15-36-25)24-23(16(2)30-35-24)29-26(32)34-12-11-18-8-4-5-10-20(18)27/h4-10,13,15H,3,11-12,14H2,1-2H3,(H,29,32). The number of benzene rings is 2. The van der Waals surface area contributed by atoms with E-state index < -0.39 is 6.09 Å². The maximum Gasteiger partial charge on any atom is 0.411 e. The molecule has 4 aromatic rings. The Balaban J connectivity index is 1.43. The average molecular weight is 510 g/mol. The van der Waals surface area contributed by atoms with Gasteiger partial charge < -0.3 is 14.0 Å². The number of anilines is 1. The second-order valence-corrected chi connectivity index (χ2v) is 8.65. The zero-order chi connectivity index (χ0) is 25.5. The molecule has 0 saturated heterocycles. The summed E-state index contributed by atoms with van der Waals surface area (Å²) in [6.45, 7) is 3.80. The van der Waals surface area contributed by atoms with Crippen molar-refractivity contribution in [2.75, 3.05) is 18.5 Å². The van der Waals surface area contributed by atoms with Crippen LogP contribution in [0.25, 0.3) is 22.0 Å². The average Bonchev–Trinajstić information content (AvgIpc) is 3.48. The molecule has 0 spiro atoms. The first-order valence-corrected chi connectivity index (χ1v) is 12.2. The van der Waals surface area contributed by atoms with E-state index in [2.05, 4.69) is 15.5 Å². The molecule has 0 atom stereocenters. The van der Waals surface area contributed by atoms with Crippen LogP contribution in [0.15, 0.2) is 58.4 Å². The lowest BCUT2D eigenvalue weighted by Gasteiger charge is -2.07. The number of carbonyl (C=O) groups excluding carboxylic acids is 2. The van der Waals surface area contributed by atoms with E-state index >= 15 is 0 Å². The second kappa shape index (κ2) is 11.6. The highest BCUT2D eigenvalue weighted by Gasteiger charge is 2.21. The maximum atomic E-state index is 13.7. The molecule has 2 aromatic heterocycles. The molecule has 36 heavy (non-hydrogen) atoms. The van der Waals surface area contributed by atoms with E-state index in [0.717, 1.165) is 11.1 Å². The van der Waals surface area contributed by atoms with Gasteiger partial charge >= 0.3 is 12.1 Å². The number of nitrogens with zero attached hydrogens (tertiary/aromatic N) is 2. The van der Waals surface area contributed by atoms with Crippen LogP contribution in [0.2, 0.25) is 0 Å². The summed E-state index contributed by atoms with van der Waals surface area (Å²) in [7, 11) is 0. The number of nitrogens with one attached hydrogen (secondary N) is 1. The third kappa shape index (κ3) is 6.14. The van der Waals surface area contributed by atoms with Gasteiger partial charge in [-0.05, 0) is 37.1 Å². The number of aromatic nitrogens is 2. The Labute approximate surface area is 211 Å². The fraction of sp³-hybridized carbons (Fsp3) is 0.231. The summed E-state index contributed by atoms with van der Waals surface area (Å²) in [5.41, 5.74) is 3.42. The quantitative estimate of drug-likeness (QED) is 0.284. The first kappa shape index (κ1) is 25.1. The number of thiazole rings is 1. The molecular weight excluding hydrogens is 485 g/mol. The van der Waals surface area contributed by atoms with E-state index in [9.17, 15) is 14.0 Å². The van der Waals surface area contributed by atoms with Crippen molar-refractivity contribution >= 4 is 29.1 Å². The smallest absolute Gasteiger partial charge is 0.411 e. The molecule has 0 radical (unpaired) electrons. The summed E-state index contributed by atoms with van der Waals surface area (Å²) in [5.74, 6) is -0.337. The molecule has 1 amide bonds. The predicted molar refractivity (Wildman–Crippen MR) is 133 cm³/mol. The van der Waals surface area contributed by atoms with E-state index in [1.54, 1.807) is 37.4 Å². The highest BCUT2D eigenvalue weighted by Crippen LogP contribution is 2.34. The summed E-state index contributed by atoms with van der Waals surface area (Å²) in [4.78, 5) is 28.8. The first-order valence-electron chi connectivity index (χ1n) is 11.3. The first-order chi connectivity index (χ1) is 17.4. The number of hydrogen-bond donors (Lipinski definition) is 1. The molecule has 10 heteroatoms. The van der Waals surface area contributed by atoms with Gasteiger partial charge in [-0.2, -0.15) is 0 Å². The number of carbonyl (C=O) groups is 2. The topological polar surface area (TPSA) is 104 Å². The SMILES string of the molecule is CCOC(=O)Cc1cccc(-c2nc(-c3onc(C)c3NC(=O)OCCc3ccccc3F)cs2)c1. The zero-order valence-electron chi connectivity index (χ0n) is 19.7. The van der Waals surface area contributed by atoms with Gasteiger partial charge in [0.25, 0.3) is 0 Å². The molecule has 4 rings (SSSR count). The Morgan fingerprint density at radius 2 is 1.97 bits per heavy atom. The fourth-order valence-corrected chi connectivity index (χ4v) is 4.29. The number of rotatable bonds is 9. The minimum absolute atomic E-state index is 0.00934. The zero-order valence-corrected chi connectivity index (χ0v) is 20.6. The molecule has 2 heterocycles. The highest BCUT2D eigenvalue weighted by molar-refractivity contribution is 7.13. The summed E-state index contributed by atoms with van der Waals surface area (Å²) >= 11 is 1.39. The van der Waals surface area contributed by atoms with Crippen molar-refractivity contribution in [2.24, 2.45) is 0 Å². The second-order valence-electron chi connectivity index (χ2n) is 7.79. The molecule has 1 N–H and O–H groups in total. The van der Waals surface area contributed by atoms with Crippen LogP contribution in [0.4, 0.5) is 14.9 Å². The molecule has 0 fully saturated rings. The molecule has 2 aromatic carbocycles. The van der Waals surface area contributed by atoms with Crippen LogP contribution < -0.4 is 5.32 Å². The van der Waals surface area contributed by atoms with Gasteiger partial charge in [-0.1, -0.05) is 41.6 Å². The summed E-state index contributed by atoms with van der Waals surface area (Å²) < 4.78 is 29.4. The number of ether oxygens (including phenoxy) is 2. The molecule has 0 aliphatic rings. The highest BCUT2D eigenvalue weighted by atomic mass is 32.1. The third-order valence-electron chi connectivity index (χ3n) is 5.22. The van der Waals surface area contributed by atoms with Crippen molar-refractivity contribution in [1.29, 1.82) is 0 Å². The van der Waals surface area contributed by atoms with E-state index in [1.165, 1.54) is 17.4 Å². The van der Waals surface area contributed by atoms with Crippen molar-refractivity contribution in [3.8, 4) is 22.0 Å². The molecule has 0 unspecified atom stereocenters. The van der Waals surface area contributed by atoms with E-state index in [4.69, 9.17) is 14.0 Å². The van der Waals surface area contributed by atoms with Gasteiger partial charge in [0, 0.05) is 17.4 Å². The van der Waals surface area contributed by atoms with Crippen molar-refractivity contribution in [3.63, 3.8) is 0 Å². The van der Waals surface area contributed by atoms with Gasteiger partial charge in [0.2, 0.25) is 5.76 Å². The van der Waals surface area contributed by atoms with Crippen LogP contribution in [0.5, 0.6) is 0 Å². The molecule has 0 aliphatic carbocycles. The van der Waals surface area contributed by atoms with E-state index in [1.807, 2.05) is 24.3 Å². The summed E-state index contributed by atoms with van der Waals surface area (Å²) in [5, 5.41) is 9.11. The van der Waals surface area contributed by atoms with Crippen molar-refractivity contribution in [3.05, 3.63) is 76.5 Å². The molecule has 0 saturated carbocycles. The van der Waals surface area contributed by atoms with Crippen LogP contribution >= 0.6 is 11.3 Å². The monoisotopic (exact) mass is 509 g/mol. The van der Waals surface area contributed by atoms with Gasteiger partial charge in [-0.15, -0.1) is 11.3 Å². The van der Waals surface area contributed by atoms with Gasteiger partial charge in [0.05, 0.1) is 19.6 Å². The predicted octanol–water partition coefficient (Wildman–Crippen LogP) is 5.81. The number of amides is 1. The number of halogens is 1. The van der Waals surface area contributed by atoms with Gasteiger partial charge in [0.1, 0.15) is 27.9 Å². The lowest BCUT2D eigenvalue weighted by Crippen LogP contribution is -2.16. The normalized spacial score (nSPS) is 10.8. The van der Waals surface area contributed by atoms with Crippen molar-refractivity contribution < 1.29 is 28.0 Å². The maximum absolute atomic E-state index is 13.7. The van der Waals surface area contributed by atoms with Crippen LogP contribution in [0.3, 0.4) is 0 Å². The van der Waals surface area contributed by atoms with Gasteiger partial charge in [-0.3, -0.25) is 10.1 Å². The summed E-state index contributed by atoms with van der Waals surface area (Å²) in [6, 6.07) is 13.8. The molecular formula is C26H24FN3O5S. The number of hydrogen-bond acceptors (Lipinski definition) is 8. The Kier molecular flexibility index (Phi) is 8.06. The molecule has 186 valence electrons. The Bertz CT molecular complexity index is 1370. The fourth-order valence-electron chi connectivity index (χ4n) is 3.49. The van der Waals surface area contributed by atoms with E-state index in [-0.39, 0.29) is 31.2 Å². The van der Waals surface area contributed by atoms with Crippen LogP contribution in [0, 0.1) is 12.7 Å². The Morgan fingerprint density at radius 1 is 1.14 bits per heavy atom. The van der Waals surface area contributed by atoms with Gasteiger partial charge in [0.15, 0.2) is 0 Å². The molecule has 0 bridgehead atoms. The molecule has 0 aliphatic heterocycles. The molecule has 8 nitrogen and oxygen atoms in total. The van der Waals surface area contributed by atoms with Gasteiger partial charge in [-0.25, -0.2) is 14.2 Å². The van der Waals surface area contributed by atoms with Crippen LogP contribution in [-0.2, 0) is 27.1 Å². The van der Waals surface area contributed by atoms with Crippen LogP contribution in [0.1, 0.15) is 23.7 Å². The van der Waals surface area contributed by atoms with Crippen LogP contribution in [-0.4, -0.2) is 35.4 Å².